The van der Waals surface area contributed by atoms with Crippen LogP contribution in [-0.2, 0) is 6.42 Å². The molecule has 1 saturated heterocycles. The second kappa shape index (κ2) is 4.65. The zero-order valence-electron chi connectivity index (χ0n) is 8.67. The molecule has 1 fully saturated rings. The maximum absolute atomic E-state index is 13.3. The van der Waals surface area contributed by atoms with Crippen molar-refractivity contribution in [3.8, 4) is 6.07 Å². The van der Waals surface area contributed by atoms with Gasteiger partial charge in [0.05, 0.1) is 11.1 Å². The third kappa shape index (κ3) is 2.18. The summed E-state index contributed by atoms with van der Waals surface area (Å²) in [6.45, 7) is 0. The molecule has 0 radical (unpaired) electrons. The van der Waals surface area contributed by atoms with E-state index in [9.17, 15) is 9.65 Å². The van der Waals surface area contributed by atoms with Gasteiger partial charge in [-0.3, -0.25) is 0 Å². The van der Waals surface area contributed by atoms with Crippen molar-refractivity contribution in [1.29, 1.82) is 5.26 Å². The van der Waals surface area contributed by atoms with Crippen molar-refractivity contribution in [2.24, 2.45) is 0 Å². The van der Waals surface area contributed by atoms with Gasteiger partial charge in [-0.05, 0) is 30.2 Å². The topological polar surface area (TPSA) is 23.8 Å². The number of benzene rings is 1. The van der Waals surface area contributed by atoms with E-state index in [1.807, 2.05) is 0 Å². The molecular formula is C12H11ClFNS. The van der Waals surface area contributed by atoms with E-state index < -0.39 is 10.6 Å². The van der Waals surface area contributed by atoms with Gasteiger partial charge in [-0.25, -0.2) is 4.39 Å². The van der Waals surface area contributed by atoms with Crippen LogP contribution in [0.2, 0.25) is 5.02 Å². The lowest BCUT2D eigenvalue weighted by Crippen LogP contribution is -2.22. The van der Waals surface area contributed by atoms with E-state index in [2.05, 4.69) is 6.07 Å². The quantitative estimate of drug-likeness (QED) is 0.802. The SMILES string of the molecule is N#CC1(Cc2cccc(F)c2Cl)CCCS1. The van der Waals surface area contributed by atoms with Crippen molar-refractivity contribution in [2.45, 2.75) is 24.0 Å². The summed E-state index contributed by atoms with van der Waals surface area (Å²) < 4.78 is 12.9. The van der Waals surface area contributed by atoms with Crippen LogP contribution >= 0.6 is 23.4 Å². The van der Waals surface area contributed by atoms with Crippen LogP contribution < -0.4 is 0 Å². The van der Waals surface area contributed by atoms with Gasteiger partial charge in [0, 0.05) is 6.42 Å². The number of thioether (sulfide) groups is 1. The standard InChI is InChI=1S/C12H11ClFNS/c13-11-9(3-1-4-10(11)14)7-12(8-15)5-2-6-16-12/h1,3-4H,2,5-7H2. The Bertz CT molecular complexity index is 435. The van der Waals surface area contributed by atoms with E-state index in [1.54, 1.807) is 23.9 Å². The summed E-state index contributed by atoms with van der Waals surface area (Å²) >= 11 is 7.55. The maximum Gasteiger partial charge on any atom is 0.142 e. The lowest BCUT2D eigenvalue weighted by atomic mass is 9.95. The third-order valence-corrected chi connectivity index (χ3v) is 4.72. The van der Waals surface area contributed by atoms with Crippen LogP contribution in [0.15, 0.2) is 18.2 Å². The highest BCUT2D eigenvalue weighted by Crippen LogP contribution is 2.41. The number of rotatable bonds is 2. The van der Waals surface area contributed by atoms with E-state index >= 15 is 0 Å². The molecular weight excluding hydrogens is 245 g/mol. The Kier molecular flexibility index (Phi) is 3.41. The van der Waals surface area contributed by atoms with Gasteiger partial charge in [-0.1, -0.05) is 23.7 Å². The number of hydrogen-bond donors (Lipinski definition) is 0. The van der Waals surface area contributed by atoms with Gasteiger partial charge in [0.1, 0.15) is 10.6 Å². The molecule has 1 aliphatic heterocycles. The lowest BCUT2D eigenvalue weighted by molar-refractivity contribution is 0.620. The Morgan fingerprint density at radius 3 is 3.00 bits per heavy atom. The average Bonchev–Trinajstić information content (AvgIpc) is 2.74. The molecule has 0 amide bonds. The fourth-order valence-corrected chi connectivity index (χ4v) is 3.44. The Hall–Kier alpha value is -0.720. The van der Waals surface area contributed by atoms with Crippen molar-refractivity contribution in [2.75, 3.05) is 5.75 Å². The summed E-state index contributed by atoms with van der Waals surface area (Å²) in [4.78, 5) is 0. The van der Waals surface area contributed by atoms with Crippen molar-refractivity contribution < 1.29 is 4.39 Å². The number of nitrogens with zero attached hydrogens (tertiary/aromatic N) is 1. The van der Waals surface area contributed by atoms with Crippen molar-refractivity contribution in [1.82, 2.24) is 0 Å². The summed E-state index contributed by atoms with van der Waals surface area (Å²) in [7, 11) is 0. The molecule has 0 bridgehead atoms. The highest BCUT2D eigenvalue weighted by atomic mass is 35.5. The van der Waals surface area contributed by atoms with Crippen LogP contribution in [0.25, 0.3) is 0 Å². The first kappa shape index (κ1) is 11.8. The molecule has 1 aromatic carbocycles. The Morgan fingerprint density at radius 2 is 2.38 bits per heavy atom. The molecule has 2 rings (SSSR count). The summed E-state index contributed by atoms with van der Waals surface area (Å²) in [5.74, 6) is 0.593. The molecule has 1 nitrogen and oxygen atoms in total. The van der Waals surface area contributed by atoms with Crippen LogP contribution in [0, 0.1) is 17.1 Å². The predicted molar refractivity (Wildman–Crippen MR) is 65.2 cm³/mol. The van der Waals surface area contributed by atoms with Gasteiger partial charge in [0.2, 0.25) is 0 Å². The molecule has 84 valence electrons. The predicted octanol–water partition coefficient (Wildman–Crippen LogP) is 3.81. The van der Waals surface area contributed by atoms with Gasteiger partial charge in [0.25, 0.3) is 0 Å². The molecule has 1 aromatic rings. The molecule has 0 N–H and O–H groups in total. The second-order valence-electron chi connectivity index (χ2n) is 3.95. The minimum atomic E-state index is -0.407. The summed E-state index contributed by atoms with van der Waals surface area (Å²) in [5, 5.41) is 9.39. The highest BCUT2D eigenvalue weighted by Gasteiger charge is 2.35. The van der Waals surface area contributed by atoms with Crippen LogP contribution in [-0.4, -0.2) is 10.5 Å². The summed E-state index contributed by atoms with van der Waals surface area (Å²) in [6, 6.07) is 7.13. The molecule has 0 saturated carbocycles. The molecule has 1 heterocycles. The van der Waals surface area contributed by atoms with Gasteiger partial charge in [0.15, 0.2) is 0 Å². The van der Waals surface area contributed by atoms with E-state index in [0.29, 0.717) is 6.42 Å². The Morgan fingerprint density at radius 1 is 1.56 bits per heavy atom. The van der Waals surface area contributed by atoms with E-state index in [1.165, 1.54) is 6.07 Å². The first-order valence-electron chi connectivity index (χ1n) is 5.15. The monoisotopic (exact) mass is 255 g/mol. The van der Waals surface area contributed by atoms with Crippen molar-refractivity contribution in [3.05, 3.63) is 34.6 Å². The molecule has 1 atom stereocenters. The first-order valence-corrected chi connectivity index (χ1v) is 6.51. The van der Waals surface area contributed by atoms with Crippen LogP contribution in [0.3, 0.4) is 0 Å². The number of nitriles is 1. The smallest absolute Gasteiger partial charge is 0.142 e. The molecule has 1 unspecified atom stereocenters. The minimum Gasteiger partial charge on any atom is -0.205 e. The van der Waals surface area contributed by atoms with Crippen LogP contribution in [0.1, 0.15) is 18.4 Å². The van der Waals surface area contributed by atoms with Crippen molar-refractivity contribution >= 4 is 23.4 Å². The maximum atomic E-state index is 13.3. The van der Waals surface area contributed by atoms with E-state index in [-0.39, 0.29) is 5.02 Å². The molecule has 0 aliphatic carbocycles. The molecule has 16 heavy (non-hydrogen) atoms. The second-order valence-corrected chi connectivity index (χ2v) is 5.80. The van der Waals surface area contributed by atoms with Crippen LogP contribution in [0.5, 0.6) is 0 Å². The largest absolute Gasteiger partial charge is 0.205 e. The summed E-state index contributed by atoms with van der Waals surface area (Å²) in [5.41, 5.74) is 0.734. The normalized spacial score (nSPS) is 24.3. The first-order chi connectivity index (χ1) is 7.67. The Labute approximate surface area is 104 Å². The highest BCUT2D eigenvalue weighted by molar-refractivity contribution is 8.01. The van der Waals surface area contributed by atoms with Crippen LogP contribution in [0.4, 0.5) is 4.39 Å². The van der Waals surface area contributed by atoms with Gasteiger partial charge >= 0.3 is 0 Å². The Balaban J connectivity index is 2.27. The zero-order valence-corrected chi connectivity index (χ0v) is 10.2. The van der Waals surface area contributed by atoms with Gasteiger partial charge in [-0.2, -0.15) is 5.26 Å². The van der Waals surface area contributed by atoms with Crippen molar-refractivity contribution in [3.63, 3.8) is 0 Å². The summed E-state index contributed by atoms with van der Waals surface area (Å²) in [6.07, 6.45) is 2.44. The average molecular weight is 256 g/mol. The zero-order chi connectivity index (χ0) is 11.6. The third-order valence-electron chi connectivity index (χ3n) is 2.81. The number of hydrogen-bond acceptors (Lipinski definition) is 2. The minimum absolute atomic E-state index is 0.157. The fraction of sp³-hybridized carbons (Fsp3) is 0.417. The van der Waals surface area contributed by atoms with Gasteiger partial charge in [-0.15, -0.1) is 11.8 Å². The molecule has 0 spiro atoms. The van der Waals surface area contributed by atoms with E-state index in [0.717, 1.165) is 24.2 Å². The molecule has 1 aliphatic rings. The van der Waals surface area contributed by atoms with Gasteiger partial charge < -0.3 is 0 Å². The fourth-order valence-electron chi connectivity index (χ4n) is 1.96. The number of halogens is 2. The molecule has 4 heteroatoms. The van der Waals surface area contributed by atoms with E-state index in [4.69, 9.17) is 11.6 Å². The molecule has 0 aromatic heterocycles. The lowest BCUT2D eigenvalue weighted by Gasteiger charge is -2.19.